The first kappa shape index (κ1) is 17.7. The van der Waals surface area contributed by atoms with Gasteiger partial charge in [-0.3, -0.25) is 4.79 Å². The summed E-state index contributed by atoms with van der Waals surface area (Å²) in [7, 11) is 0. The predicted octanol–water partition coefficient (Wildman–Crippen LogP) is 4.53. The number of carbonyl (C=O) groups excluding carboxylic acids is 1. The van der Waals surface area contributed by atoms with Crippen LogP contribution in [0.25, 0.3) is 10.2 Å². The van der Waals surface area contributed by atoms with E-state index in [1.807, 2.05) is 29.2 Å². The summed E-state index contributed by atoms with van der Waals surface area (Å²) in [4.78, 5) is 18.7. The minimum atomic E-state index is -4.81. The maximum absolute atomic E-state index is 13.3. The molecular formula is C18H13F4N3OS. The Morgan fingerprint density at radius 3 is 2.63 bits per heavy atom. The van der Waals surface area contributed by atoms with Gasteiger partial charge in [-0.2, -0.15) is 13.2 Å². The standard InChI is InChI=1S/C18H13F4N3OS/c19-13-6-5-11(7-12(13)18(20,21)22)23-16(26)10-8-25(9-10)17-24-14-3-1-2-4-15(14)27-17/h1-7,10H,8-9H2,(H,23,26). The molecule has 4 nitrogen and oxygen atoms in total. The number of carbonyl (C=O) groups is 1. The molecule has 9 heteroatoms. The van der Waals surface area contributed by atoms with E-state index in [0.717, 1.165) is 21.4 Å². The lowest BCUT2D eigenvalue weighted by Crippen LogP contribution is -2.52. The van der Waals surface area contributed by atoms with E-state index in [4.69, 9.17) is 0 Å². The van der Waals surface area contributed by atoms with Crippen LogP contribution in [0.5, 0.6) is 0 Å². The van der Waals surface area contributed by atoms with Crippen molar-refractivity contribution in [2.75, 3.05) is 23.3 Å². The van der Waals surface area contributed by atoms with Gasteiger partial charge in [0.25, 0.3) is 0 Å². The summed E-state index contributed by atoms with van der Waals surface area (Å²) in [6.07, 6.45) is -4.81. The van der Waals surface area contributed by atoms with Gasteiger partial charge in [-0.1, -0.05) is 23.5 Å². The molecule has 0 bridgehead atoms. The molecule has 0 spiro atoms. The van der Waals surface area contributed by atoms with Gasteiger partial charge < -0.3 is 10.2 Å². The van der Waals surface area contributed by atoms with Crippen LogP contribution in [0.1, 0.15) is 5.56 Å². The average molecular weight is 395 g/mol. The molecule has 1 aliphatic rings. The number of amides is 1. The molecule has 1 N–H and O–H groups in total. The Balaban J connectivity index is 1.41. The van der Waals surface area contributed by atoms with Crippen LogP contribution in [0.15, 0.2) is 42.5 Å². The van der Waals surface area contributed by atoms with Crippen molar-refractivity contribution in [3.63, 3.8) is 0 Å². The predicted molar refractivity (Wildman–Crippen MR) is 95.4 cm³/mol. The van der Waals surface area contributed by atoms with Crippen LogP contribution in [0.3, 0.4) is 0 Å². The molecule has 3 aromatic rings. The van der Waals surface area contributed by atoms with Crippen LogP contribution in [0.2, 0.25) is 0 Å². The highest BCUT2D eigenvalue weighted by atomic mass is 32.1. The Morgan fingerprint density at radius 1 is 1.19 bits per heavy atom. The molecule has 0 aliphatic carbocycles. The quantitative estimate of drug-likeness (QED) is 0.663. The second-order valence-electron chi connectivity index (χ2n) is 6.25. The van der Waals surface area contributed by atoms with E-state index < -0.39 is 23.5 Å². The number of aromatic nitrogens is 1. The summed E-state index contributed by atoms with van der Waals surface area (Å²) in [6.45, 7) is 0.859. The van der Waals surface area contributed by atoms with E-state index >= 15 is 0 Å². The Morgan fingerprint density at radius 2 is 1.93 bits per heavy atom. The van der Waals surface area contributed by atoms with Crippen molar-refractivity contribution >= 4 is 38.3 Å². The van der Waals surface area contributed by atoms with Gasteiger partial charge in [-0.15, -0.1) is 0 Å². The van der Waals surface area contributed by atoms with Crippen molar-refractivity contribution in [3.05, 3.63) is 53.8 Å². The van der Waals surface area contributed by atoms with Gasteiger partial charge in [-0.25, -0.2) is 9.37 Å². The summed E-state index contributed by atoms with van der Waals surface area (Å²) >= 11 is 1.52. The molecule has 1 saturated heterocycles. The monoisotopic (exact) mass is 395 g/mol. The number of rotatable bonds is 3. The smallest absolute Gasteiger partial charge is 0.346 e. The lowest BCUT2D eigenvalue weighted by molar-refractivity contribution is -0.140. The molecule has 0 unspecified atom stereocenters. The first-order chi connectivity index (χ1) is 12.8. The summed E-state index contributed by atoms with van der Waals surface area (Å²) in [6, 6.07) is 10.1. The molecule has 1 aliphatic heterocycles. The molecule has 0 atom stereocenters. The number of hydrogen-bond acceptors (Lipinski definition) is 4. The summed E-state index contributed by atoms with van der Waals surface area (Å²) in [5.74, 6) is -2.13. The summed E-state index contributed by atoms with van der Waals surface area (Å²) in [5, 5.41) is 3.24. The molecular weight excluding hydrogens is 382 g/mol. The lowest BCUT2D eigenvalue weighted by Gasteiger charge is -2.37. The van der Waals surface area contributed by atoms with E-state index in [9.17, 15) is 22.4 Å². The van der Waals surface area contributed by atoms with Crippen LogP contribution in [-0.2, 0) is 11.0 Å². The normalized spacial score (nSPS) is 15.0. The molecule has 0 saturated carbocycles. The van der Waals surface area contributed by atoms with Crippen LogP contribution in [0.4, 0.5) is 28.4 Å². The number of halogens is 4. The number of hydrogen-bond donors (Lipinski definition) is 1. The fraction of sp³-hybridized carbons (Fsp3) is 0.222. The third kappa shape index (κ3) is 3.46. The van der Waals surface area contributed by atoms with Crippen molar-refractivity contribution in [3.8, 4) is 0 Å². The number of benzene rings is 2. The molecule has 2 heterocycles. The highest BCUT2D eigenvalue weighted by molar-refractivity contribution is 7.22. The van der Waals surface area contributed by atoms with Crippen molar-refractivity contribution in [1.82, 2.24) is 4.98 Å². The molecule has 0 radical (unpaired) electrons. The molecule has 1 fully saturated rings. The Hall–Kier alpha value is -2.68. The lowest BCUT2D eigenvalue weighted by atomic mass is 10.00. The van der Waals surface area contributed by atoms with E-state index in [2.05, 4.69) is 10.3 Å². The highest BCUT2D eigenvalue weighted by Crippen LogP contribution is 2.35. The summed E-state index contributed by atoms with van der Waals surface area (Å²) < 4.78 is 52.7. The third-order valence-corrected chi connectivity index (χ3v) is 5.44. The van der Waals surface area contributed by atoms with E-state index in [1.165, 1.54) is 11.3 Å². The average Bonchev–Trinajstić information content (AvgIpc) is 2.97. The Bertz CT molecular complexity index is 978. The van der Waals surface area contributed by atoms with Crippen LogP contribution >= 0.6 is 11.3 Å². The first-order valence-electron chi connectivity index (χ1n) is 8.09. The van der Waals surface area contributed by atoms with Crippen LogP contribution in [0, 0.1) is 11.7 Å². The Kier molecular flexibility index (Phi) is 4.26. The maximum Gasteiger partial charge on any atom is 0.419 e. The minimum Gasteiger partial charge on any atom is -0.346 e. The molecule has 140 valence electrons. The fourth-order valence-electron chi connectivity index (χ4n) is 2.86. The van der Waals surface area contributed by atoms with E-state index in [0.29, 0.717) is 25.2 Å². The second kappa shape index (κ2) is 6.49. The fourth-order valence-corrected chi connectivity index (χ4v) is 3.84. The molecule has 27 heavy (non-hydrogen) atoms. The topological polar surface area (TPSA) is 45.2 Å². The van der Waals surface area contributed by atoms with Gasteiger partial charge in [0.15, 0.2) is 5.13 Å². The van der Waals surface area contributed by atoms with Crippen molar-refractivity contribution in [2.45, 2.75) is 6.18 Å². The number of nitrogens with one attached hydrogen (secondary N) is 1. The van der Waals surface area contributed by atoms with Crippen LogP contribution < -0.4 is 10.2 Å². The van der Waals surface area contributed by atoms with Gasteiger partial charge in [0.1, 0.15) is 5.82 Å². The second-order valence-corrected chi connectivity index (χ2v) is 7.26. The molecule has 1 amide bonds. The number of nitrogens with zero attached hydrogens (tertiary/aromatic N) is 2. The van der Waals surface area contributed by atoms with Gasteiger partial charge in [0.2, 0.25) is 5.91 Å². The van der Waals surface area contributed by atoms with Crippen molar-refractivity contribution in [2.24, 2.45) is 5.92 Å². The SMILES string of the molecule is O=C(Nc1ccc(F)c(C(F)(F)F)c1)C1CN(c2nc3ccccc3s2)C1. The first-order valence-corrected chi connectivity index (χ1v) is 8.91. The van der Waals surface area contributed by atoms with Gasteiger partial charge in [-0.05, 0) is 30.3 Å². The third-order valence-electron chi connectivity index (χ3n) is 4.34. The largest absolute Gasteiger partial charge is 0.419 e. The Labute approximate surface area is 155 Å². The highest BCUT2D eigenvalue weighted by Gasteiger charge is 2.36. The minimum absolute atomic E-state index is 0.0767. The van der Waals surface area contributed by atoms with Crippen molar-refractivity contribution in [1.29, 1.82) is 0 Å². The van der Waals surface area contributed by atoms with E-state index in [1.54, 1.807) is 0 Å². The van der Waals surface area contributed by atoms with Gasteiger partial charge >= 0.3 is 6.18 Å². The number of alkyl halides is 3. The summed E-state index contributed by atoms with van der Waals surface area (Å²) in [5.41, 5.74) is -0.589. The molecule has 4 rings (SSSR count). The van der Waals surface area contributed by atoms with E-state index in [-0.39, 0.29) is 11.6 Å². The number of para-hydroxylation sites is 1. The zero-order chi connectivity index (χ0) is 19.2. The number of anilines is 2. The number of thiazole rings is 1. The molecule has 2 aromatic carbocycles. The zero-order valence-electron chi connectivity index (χ0n) is 13.8. The maximum atomic E-state index is 13.3. The van der Waals surface area contributed by atoms with Gasteiger partial charge in [0.05, 0.1) is 21.7 Å². The molecule has 1 aromatic heterocycles. The van der Waals surface area contributed by atoms with Crippen LogP contribution in [-0.4, -0.2) is 24.0 Å². The number of fused-ring (bicyclic) bond motifs is 1. The van der Waals surface area contributed by atoms with Gasteiger partial charge in [0, 0.05) is 18.8 Å². The van der Waals surface area contributed by atoms with Crippen molar-refractivity contribution < 1.29 is 22.4 Å². The zero-order valence-corrected chi connectivity index (χ0v) is 14.6.